The molecule has 6 rings (SSSR count). The number of piperazine rings is 1. The monoisotopic (exact) mass is 494 g/mol. The third kappa shape index (κ3) is 4.87. The molecule has 1 aliphatic rings. The Hall–Kier alpha value is -3.97. The maximum atomic E-state index is 13.8. The average molecular weight is 495 g/mol. The van der Waals surface area contributed by atoms with Crippen LogP contribution in [-0.4, -0.2) is 50.4 Å². The molecule has 0 unspecified atom stereocenters. The van der Waals surface area contributed by atoms with Crippen LogP contribution in [0.4, 0.5) is 10.1 Å². The number of nitrogens with zero attached hydrogens (tertiary/aromatic N) is 6. The van der Waals surface area contributed by atoms with Crippen molar-refractivity contribution >= 4 is 16.7 Å². The van der Waals surface area contributed by atoms with E-state index in [1.165, 1.54) is 23.4 Å². The number of aryl methyl sites for hydroxylation is 1. The van der Waals surface area contributed by atoms with Crippen LogP contribution in [0.1, 0.15) is 24.0 Å². The number of hydrogen-bond donors (Lipinski definition) is 0. The molecule has 7 heteroatoms. The van der Waals surface area contributed by atoms with E-state index in [2.05, 4.69) is 74.9 Å². The average Bonchev–Trinajstić information content (AvgIpc) is 3.53. The lowest BCUT2D eigenvalue weighted by molar-refractivity contribution is 0.250. The Morgan fingerprint density at radius 2 is 1.65 bits per heavy atom. The van der Waals surface area contributed by atoms with Crippen molar-refractivity contribution in [2.45, 2.75) is 26.4 Å². The zero-order valence-corrected chi connectivity index (χ0v) is 21.1. The predicted molar refractivity (Wildman–Crippen MR) is 146 cm³/mol. The van der Waals surface area contributed by atoms with E-state index in [9.17, 15) is 4.39 Å². The Morgan fingerprint density at radius 3 is 2.43 bits per heavy atom. The third-order valence-corrected chi connectivity index (χ3v) is 7.22. The van der Waals surface area contributed by atoms with Crippen molar-refractivity contribution < 1.29 is 4.39 Å². The fourth-order valence-electron chi connectivity index (χ4n) is 5.34. The molecule has 0 spiro atoms. The topological polar surface area (TPSA) is 42.1 Å². The van der Waals surface area contributed by atoms with Gasteiger partial charge in [0.15, 0.2) is 0 Å². The molecule has 0 aliphatic carbocycles. The summed E-state index contributed by atoms with van der Waals surface area (Å²) in [5, 5.41) is 4.44. The molecule has 2 aromatic heterocycles. The SMILES string of the molecule is CCn1c(Cc2ccnn2-c2cccc(F)c2)nc2cc(CN3CCN(c4ccccc4)CC3)ccc21. The first-order chi connectivity index (χ1) is 18.2. The molecular weight excluding hydrogens is 463 g/mol. The Morgan fingerprint density at radius 1 is 0.838 bits per heavy atom. The maximum absolute atomic E-state index is 13.8. The predicted octanol–water partition coefficient (Wildman–Crippen LogP) is 5.29. The lowest BCUT2D eigenvalue weighted by atomic mass is 10.1. The maximum Gasteiger partial charge on any atom is 0.125 e. The number of rotatable bonds is 7. The van der Waals surface area contributed by atoms with Gasteiger partial charge in [-0.1, -0.05) is 30.3 Å². The first-order valence-electron chi connectivity index (χ1n) is 13.0. The molecule has 0 N–H and O–H groups in total. The Kier molecular flexibility index (Phi) is 6.45. The minimum absolute atomic E-state index is 0.270. The van der Waals surface area contributed by atoms with Crippen LogP contribution in [0.3, 0.4) is 0 Å². The van der Waals surface area contributed by atoms with Crippen LogP contribution in [0, 0.1) is 5.82 Å². The lowest BCUT2D eigenvalue weighted by Gasteiger charge is -2.36. The van der Waals surface area contributed by atoms with Crippen molar-refractivity contribution in [2.75, 3.05) is 31.1 Å². The first-order valence-corrected chi connectivity index (χ1v) is 13.0. The molecule has 0 bridgehead atoms. The molecule has 3 aromatic carbocycles. The highest BCUT2D eigenvalue weighted by molar-refractivity contribution is 5.77. The van der Waals surface area contributed by atoms with Crippen molar-refractivity contribution in [3.8, 4) is 5.69 Å². The molecule has 37 heavy (non-hydrogen) atoms. The van der Waals surface area contributed by atoms with Crippen LogP contribution in [0.5, 0.6) is 0 Å². The number of fused-ring (bicyclic) bond motifs is 1. The van der Waals surface area contributed by atoms with Gasteiger partial charge < -0.3 is 9.47 Å². The standard InChI is InChI=1S/C30H31FN6/c1-2-36-29-12-11-23(22-34-15-17-35(18-16-34)25-8-4-3-5-9-25)19-28(29)33-30(36)21-27-13-14-32-37(27)26-10-6-7-24(31)20-26/h3-14,19-20H,2,15-18,21-22H2,1H3. The van der Waals surface area contributed by atoms with Gasteiger partial charge in [0.25, 0.3) is 0 Å². The van der Waals surface area contributed by atoms with E-state index in [4.69, 9.17) is 4.98 Å². The summed E-state index contributed by atoms with van der Waals surface area (Å²) in [6.45, 7) is 8.09. The minimum Gasteiger partial charge on any atom is -0.369 e. The Bertz CT molecular complexity index is 1500. The lowest BCUT2D eigenvalue weighted by Crippen LogP contribution is -2.45. The zero-order chi connectivity index (χ0) is 25.2. The van der Waals surface area contributed by atoms with Crippen LogP contribution in [0.15, 0.2) is 85.1 Å². The molecule has 1 fully saturated rings. The minimum atomic E-state index is -0.270. The highest BCUT2D eigenvalue weighted by atomic mass is 19.1. The smallest absolute Gasteiger partial charge is 0.125 e. The van der Waals surface area contributed by atoms with Crippen molar-refractivity contribution in [3.05, 3.63) is 108 Å². The van der Waals surface area contributed by atoms with Crippen molar-refractivity contribution in [2.24, 2.45) is 0 Å². The summed E-state index contributed by atoms with van der Waals surface area (Å²) >= 11 is 0. The molecular formula is C30H31FN6. The van der Waals surface area contributed by atoms with Crippen molar-refractivity contribution in [1.29, 1.82) is 0 Å². The van der Waals surface area contributed by atoms with Gasteiger partial charge in [-0.15, -0.1) is 0 Å². The van der Waals surface area contributed by atoms with Crippen LogP contribution >= 0.6 is 0 Å². The van der Waals surface area contributed by atoms with Crippen LogP contribution < -0.4 is 4.90 Å². The molecule has 0 radical (unpaired) electrons. The van der Waals surface area contributed by atoms with Crippen LogP contribution in [-0.2, 0) is 19.5 Å². The fourth-order valence-corrected chi connectivity index (χ4v) is 5.34. The van der Waals surface area contributed by atoms with Crippen LogP contribution in [0.2, 0.25) is 0 Å². The van der Waals surface area contributed by atoms with E-state index in [0.29, 0.717) is 12.1 Å². The molecule has 0 amide bonds. The second-order valence-corrected chi connectivity index (χ2v) is 9.59. The summed E-state index contributed by atoms with van der Waals surface area (Å²) in [5.41, 5.74) is 6.46. The quantitative estimate of drug-likeness (QED) is 0.308. The molecule has 1 aliphatic heterocycles. The Balaban J connectivity index is 1.19. The second-order valence-electron chi connectivity index (χ2n) is 9.59. The van der Waals surface area contributed by atoms with Gasteiger partial charge in [0, 0.05) is 57.6 Å². The third-order valence-electron chi connectivity index (χ3n) is 7.22. The summed E-state index contributed by atoms with van der Waals surface area (Å²) in [6.07, 6.45) is 2.38. The largest absolute Gasteiger partial charge is 0.369 e. The van der Waals surface area contributed by atoms with Gasteiger partial charge in [-0.05, 0) is 61.0 Å². The number of imidazole rings is 1. The molecule has 0 atom stereocenters. The fraction of sp³-hybridized carbons (Fsp3) is 0.267. The first kappa shape index (κ1) is 23.4. The van der Waals surface area contributed by atoms with Gasteiger partial charge in [-0.25, -0.2) is 14.1 Å². The number of hydrogen-bond acceptors (Lipinski definition) is 4. The molecule has 3 heterocycles. The van der Waals surface area contributed by atoms with E-state index in [1.54, 1.807) is 16.9 Å². The summed E-state index contributed by atoms with van der Waals surface area (Å²) in [7, 11) is 0. The number of halogens is 1. The van der Waals surface area contributed by atoms with Gasteiger partial charge >= 0.3 is 0 Å². The highest BCUT2D eigenvalue weighted by Gasteiger charge is 2.18. The normalized spacial score (nSPS) is 14.5. The highest BCUT2D eigenvalue weighted by Crippen LogP contribution is 2.23. The summed E-state index contributed by atoms with van der Waals surface area (Å²) in [6, 6.07) is 25.8. The number of benzene rings is 3. The number of aromatic nitrogens is 4. The van der Waals surface area contributed by atoms with Gasteiger partial charge in [-0.2, -0.15) is 5.10 Å². The van der Waals surface area contributed by atoms with Gasteiger partial charge in [0.1, 0.15) is 11.6 Å². The summed E-state index contributed by atoms with van der Waals surface area (Å²) in [5.74, 6) is 0.720. The van der Waals surface area contributed by atoms with Crippen molar-refractivity contribution in [1.82, 2.24) is 24.2 Å². The number of para-hydroxylation sites is 1. The van der Waals surface area contributed by atoms with Crippen molar-refractivity contribution in [3.63, 3.8) is 0 Å². The molecule has 1 saturated heterocycles. The summed E-state index contributed by atoms with van der Waals surface area (Å²) < 4.78 is 17.9. The van der Waals surface area contributed by atoms with Gasteiger partial charge in [-0.3, -0.25) is 4.90 Å². The van der Waals surface area contributed by atoms with E-state index >= 15 is 0 Å². The Labute approximate surface area is 216 Å². The molecule has 0 saturated carbocycles. The number of anilines is 1. The van der Waals surface area contributed by atoms with E-state index in [-0.39, 0.29) is 5.82 Å². The molecule has 6 nitrogen and oxygen atoms in total. The molecule has 188 valence electrons. The van der Waals surface area contributed by atoms with Crippen LogP contribution in [0.25, 0.3) is 16.7 Å². The van der Waals surface area contributed by atoms with E-state index < -0.39 is 0 Å². The van der Waals surface area contributed by atoms with Gasteiger partial charge in [0.2, 0.25) is 0 Å². The van der Waals surface area contributed by atoms with E-state index in [1.807, 2.05) is 12.1 Å². The molecule has 5 aromatic rings. The summed E-state index contributed by atoms with van der Waals surface area (Å²) in [4.78, 5) is 10.0. The zero-order valence-electron chi connectivity index (χ0n) is 21.1. The van der Waals surface area contributed by atoms with E-state index in [0.717, 1.165) is 61.8 Å². The second kappa shape index (κ2) is 10.2. The van der Waals surface area contributed by atoms with Gasteiger partial charge in [0.05, 0.1) is 22.4 Å².